The molecule has 0 amide bonds. The van der Waals surface area contributed by atoms with Gasteiger partial charge in [-0.05, 0) is 33.1 Å². The number of nitrogens with zero attached hydrogens (tertiary/aromatic N) is 3. The van der Waals surface area contributed by atoms with Crippen molar-refractivity contribution in [3.63, 3.8) is 0 Å². The summed E-state index contributed by atoms with van der Waals surface area (Å²) < 4.78 is 1.83. The molecule has 88 valence electrons. The summed E-state index contributed by atoms with van der Waals surface area (Å²) in [6.45, 7) is 4.45. The minimum absolute atomic E-state index is 0.695. The van der Waals surface area contributed by atoms with Gasteiger partial charge in [0.1, 0.15) is 5.54 Å². The predicted octanol–water partition coefficient (Wildman–Crippen LogP) is 2.26. The molecule has 4 nitrogen and oxygen atoms in total. The largest absolute Gasteiger partial charge is 0.314 e. The number of aromatic nitrogens is 2. The van der Waals surface area contributed by atoms with E-state index in [1.54, 1.807) is 6.92 Å². The first-order valence-corrected chi connectivity index (χ1v) is 5.72. The normalized spacial score (nSPS) is 14.4. The van der Waals surface area contributed by atoms with Gasteiger partial charge < -0.3 is 5.73 Å². The van der Waals surface area contributed by atoms with Gasteiger partial charge in [-0.3, -0.25) is 4.68 Å². The van der Waals surface area contributed by atoms with Crippen molar-refractivity contribution in [3.8, 4) is 6.07 Å². The Labute approximate surface area is 101 Å². The van der Waals surface area contributed by atoms with Gasteiger partial charge in [-0.1, -0.05) is 11.6 Å². The third-order valence-corrected chi connectivity index (χ3v) is 2.85. The summed E-state index contributed by atoms with van der Waals surface area (Å²) in [4.78, 5) is 0. The van der Waals surface area contributed by atoms with Gasteiger partial charge in [0.05, 0.1) is 16.8 Å². The van der Waals surface area contributed by atoms with Crippen LogP contribution in [0, 0.1) is 18.3 Å². The molecule has 1 atom stereocenters. The Hall–Kier alpha value is -1.05. The number of rotatable bonds is 5. The average molecular weight is 241 g/mol. The summed E-state index contributed by atoms with van der Waals surface area (Å²) in [6.07, 6.45) is 4.39. The smallest absolute Gasteiger partial charge is 0.101 e. The molecule has 0 saturated carbocycles. The van der Waals surface area contributed by atoms with Crippen LogP contribution in [-0.4, -0.2) is 15.3 Å². The lowest BCUT2D eigenvalue weighted by Gasteiger charge is -2.14. The molecule has 2 N–H and O–H groups in total. The lowest BCUT2D eigenvalue weighted by atomic mass is 9.98. The van der Waals surface area contributed by atoms with Crippen molar-refractivity contribution >= 4 is 11.6 Å². The molecule has 0 aromatic carbocycles. The lowest BCUT2D eigenvalue weighted by Crippen LogP contribution is -2.33. The molecule has 0 bridgehead atoms. The highest BCUT2D eigenvalue weighted by molar-refractivity contribution is 6.31. The third kappa shape index (κ3) is 3.84. The van der Waals surface area contributed by atoms with E-state index in [4.69, 9.17) is 22.6 Å². The highest BCUT2D eigenvalue weighted by atomic mass is 35.5. The van der Waals surface area contributed by atoms with Crippen molar-refractivity contribution in [2.75, 3.05) is 0 Å². The van der Waals surface area contributed by atoms with E-state index in [0.29, 0.717) is 11.4 Å². The number of nitriles is 1. The molecule has 1 heterocycles. The Morgan fingerprint density at radius 3 is 2.81 bits per heavy atom. The molecule has 0 saturated heterocycles. The summed E-state index contributed by atoms with van der Waals surface area (Å²) >= 11 is 5.89. The number of hydrogen-bond donors (Lipinski definition) is 1. The first kappa shape index (κ1) is 13.0. The van der Waals surface area contributed by atoms with Crippen molar-refractivity contribution in [2.24, 2.45) is 5.73 Å². The molecule has 0 aliphatic carbocycles. The molecule has 1 aromatic rings. The Morgan fingerprint density at radius 1 is 1.62 bits per heavy atom. The van der Waals surface area contributed by atoms with E-state index in [0.717, 1.165) is 25.1 Å². The number of hydrogen-bond acceptors (Lipinski definition) is 3. The minimum atomic E-state index is -0.711. The van der Waals surface area contributed by atoms with Crippen LogP contribution < -0.4 is 5.73 Å². The lowest BCUT2D eigenvalue weighted by molar-refractivity contribution is 0.474. The molecule has 16 heavy (non-hydrogen) atoms. The molecule has 0 spiro atoms. The van der Waals surface area contributed by atoms with Crippen LogP contribution in [-0.2, 0) is 6.54 Å². The van der Waals surface area contributed by atoms with Gasteiger partial charge in [-0.25, -0.2) is 0 Å². The van der Waals surface area contributed by atoms with Crippen LogP contribution in [0.25, 0.3) is 0 Å². The second-order valence-electron chi connectivity index (χ2n) is 4.31. The Morgan fingerprint density at radius 2 is 2.31 bits per heavy atom. The molecule has 1 aromatic heterocycles. The van der Waals surface area contributed by atoms with Gasteiger partial charge in [0.25, 0.3) is 0 Å². The molecule has 1 unspecified atom stereocenters. The molecule has 0 radical (unpaired) electrons. The van der Waals surface area contributed by atoms with Crippen LogP contribution in [0.4, 0.5) is 0 Å². The van der Waals surface area contributed by atoms with Gasteiger partial charge in [0.2, 0.25) is 0 Å². The summed E-state index contributed by atoms with van der Waals surface area (Å²) in [5.41, 5.74) is 5.86. The SMILES string of the molecule is Cc1nn(CCCCC(C)(N)C#N)cc1Cl. The van der Waals surface area contributed by atoms with Gasteiger partial charge >= 0.3 is 0 Å². The Kier molecular flexibility index (Phi) is 4.34. The van der Waals surface area contributed by atoms with Crippen LogP contribution in [0.15, 0.2) is 6.20 Å². The summed E-state index contributed by atoms with van der Waals surface area (Å²) in [5.74, 6) is 0. The van der Waals surface area contributed by atoms with Crippen LogP contribution >= 0.6 is 11.6 Å². The van der Waals surface area contributed by atoms with Crippen LogP contribution in [0.3, 0.4) is 0 Å². The van der Waals surface area contributed by atoms with Gasteiger partial charge in [-0.2, -0.15) is 10.4 Å². The highest BCUT2D eigenvalue weighted by Gasteiger charge is 2.15. The fourth-order valence-electron chi connectivity index (χ4n) is 1.43. The van der Waals surface area contributed by atoms with Crippen molar-refractivity contribution in [1.29, 1.82) is 5.26 Å². The molecule has 0 aliphatic heterocycles. The monoisotopic (exact) mass is 240 g/mol. The molecule has 1 rings (SSSR count). The highest BCUT2D eigenvalue weighted by Crippen LogP contribution is 2.14. The number of nitrogens with two attached hydrogens (primary N) is 1. The van der Waals surface area contributed by atoms with Crippen molar-refractivity contribution < 1.29 is 0 Å². The first-order valence-electron chi connectivity index (χ1n) is 5.34. The second-order valence-corrected chi connectivity index (χ2v) is 4.72. The average Bonchev–Trinajstić information content (AvgIpc) is 2.54. The Bertz CT molecular complexity index is 370. The van der Waals surface area contributed by atoms with Gasteiger partial charge in [0, 0.05) is 12.7 Å². The van der Waals surface area contributed by atoms with Crippen LogP contribution in [0.1, 0.15) is 31.9 Å². The third-order valence-electron chi connectivity index (χ3n) is 2.48. The maximum absolute atomic E-state index is 8.74. The second kappa shape index (κ2) is 5.33. The summed E-state index contributed by atoms with van der Waals surface area (Å²) in [6, 6.07) is 2.09. The maximum Gasteiger partial charge on any atom is 0.101 e. The summed E-state index contributed by atoms with van der Waals surface area (Å²) in [7, 11) is 0. The maximum atomic E-state index is 8.74. The van der Waals surface area contributed by atoms with E-state index in [1.165, 1.54) is 0 Å². The van der Waals surface area contributed by atoms with Gasteiger partial charge in [0.15, 0.2) is 0 Å². The zero-order valence-corrected chi connectivity index (χ0v) is 10.5. The van der Waals surface area contributed by atoms with Crippen molar-refractivity contribution in [3.05, 3.63) is 16.9 Å². The van der Waals surface area contributed by atoms with Crippen molar-refractivity contribution in [2.45, 2.75) is 45.2 Å². The van der Waals surface area contributed by atoms with Crippen molar-refractivity contribution in [1.82, 2.24) is 9.78 Å². The van der Waals surface area contributed by atoms with E-state index < -0.39 is 5.54 Å². The zero-order chi connectivity index (χ0) is 12.2. The van der Waals surface area contributed by atoms with Crippen LogP contribution in [0.5, 0.6) is 0 Å². The standard InChI is InChI=1S/C11H17ClN4/c1-9-10(12)7-16(15-9)6-4-3-5-11(2,14)8-13/h7H,3-6,14H2,1-2H3. The van der Waals surface area contributed by atoms with E-state index in [1.807, 2.05) is 17.8 Å². The van der Waals surface area contributed by atoms with E-state index >= 15 is 0 Å². The molecular weight excluding hydrogens is 224 g/mol. The molecule has 5 heteroatoms. The van der Waals surface area contributed by atoms with E-state index in [2.05, 4.69) is 11.2 Å². The van der Waals surface area contributed by atoms with Crippen LogP contribution in [0.2, 0.25) is 5.02 Å². The molecule has 0 fully saturated rings. The fraction of sp³-hybridized carbons (Fsp3) is 0.636. The first-order chi connectivity index (χ1) is 7.44. The van der Waals surface area contributed by atoms with Gasteiger partial charge in [-0.15, -0.1) is 0 Å². The summed E-state index contributed by atoms with van der Waals surface area (Å²) in [5, 5.41) is 13.7. The molecular formula is C11H17ClN4. The zero-order valence-electron chi connectivity index (χ0n) is 9.70. The predicted molar refractivity (Wildman–Crippen MR) is 64.0 cm³/mol. The minimum Gasteiger partial charge on any atom is -0.314 e. The molecule has 0 aliphatic rings. The number of aryl methyl sites for hydroxylation is 2. The van der Waals surface area contributed by atoms with E-state index in [9.17, 15) is 0 Å². The quantitative estimate of drug-likeness (QED) is 0.803. The number of halogens is 1. The topological polar surface area (TPSA) is 67.6 Å². The number of unbranched alkanes of at least 4 members (excludes halogenated alkanes) is 1. The van der Waals surface area contributed by atoms with E-state index in [-0.39, 0.29) is 0 Å². The Balaban J connectivity index is 2.29. The fourth-order valence-corrected chi connectivity index (χ4v) is 1.58.